The minimum atomic E-state index is -3.91. The molecule has 1 aromatic heterocycles. The van der Waals surface area contributed by atoms with Crippen molar-refractivity contribution in [1.82, 2.24) is 15.0 Å². The summed E-state index contributed by atoms with van der Waals surface area (Å²) >= 11 is 0. The molecule has 0 aliphatic carbocycles. The van der Waals surface area contributed by atoms with E-state index in [1.165, 1.54) is 28.5 Å². The number of sulfone groups is 1. The number of carbonyl (C=O) groups excluding carboxylic acids is 1. The van der Waals surface area contributed by atoms with Crippen LogP contribution in [0, 0.1) is 0 Å². The number of benzene rings is 2. The molecule has 0 bridgehead atoms. The summed E-state index contributed by atoms with van der Waals surface area (Å²) in [7, 11) is -3.91. The van der Waals surface area contributed by atoms with E-state index in [2.05, 4.69) is 9.72 Å². The highest BCUT2D eigenvalue weighted by Crippen LogP contribution is 2.26. The molecular weight excluding hydrogens is 460 g/mol. The molecule has 1 heterocycles. The van der Waals surface area contributed by atoms with Crippen LogP contribution in [0.25, 0.3) is 22.0 Å². The summed E-state index contributed by atoms with van der Waals surface area (Å²) in [6.07, 6.45) is 1.85. The molecule has 1 unspecified atom stereocenters. The number of hydrogen-bond donors (Lipinski definition) is 2. The van der Waals surface area contributed by atoms with Crippen molar-refractivity contribution in [2.45, 2.75) is 31.2 Å². The number of halogens is 2. The summed E-state index contributed by atoms with van der Waals surface area (Å²) in [5.74, 6) is -1.08. The second kappa shape index (κ2) is 9.24. The molecule has 0 saturated carbocycles. The van der Waals surface area contributed by atoms with Crippen LogP contribution in [0.15, 0.2) is 53.6 Å². The van der Waals surface area contributed by atoms with Crippen LogP contribution < -0.4 is 15.8 Å². The quantitative estimate of drug-likeness (QED) is 0.373. The number of rotatable bonds is 8. The Bertz CT molecular complexity index is 1340. The monoisotopic (exact) mass is 481 g/mol. The molecule has 12 heteroatoms. The van der Waals surface area contributed by atoms with E-state index in [1.54, 1.807) is 30.3 Å². The van der Waals surface area contributed by atoms with Gasteiger partial charge >= 0.3 is 6.61 Å². The van der Waals surface area contributed by atoms with E-state index in [1.807, 2.05) is 0 Å². The molecule has 0 aliphatic heterocycles. The van der Waals surface area contributed by atoms with Gasteiger partial charge < -0.3 is 4.74 Å². The first-order valence-electron chi connectivity index (χ1n) is 9.65. The van der Waals surface area contributed by atoms with Crippen molar-refractivity contribution < 1.29 is 31.9 Å². The van der Waals surface area contributed by atoms with Crippen LogP contribution in [0.2, 0.25) is 0 Å². The van der Waals surface area contributed by atoms with E-state index in [0.29, 0.717) is 16.6 Å². The molecule has 0 fully saturated rings. The van der Waals surface area contributed by atoms with Gasteiger partial charge in [-0.1, -0.05) is 18.2 Å². The maximum absolute atomic E-state index is 12.9. The number of nitrogens with one attached hydrogen (secondary N) is 1. The molecule has 0 spiro atoms. The predicted octanol–water partition coefficient (Wildman–Crippen LogP) is 2.36. The van der Waals surface area contributed by atoms with Crippen molar-refractivity contribution in [3.8, 4) is 16.9 Å². The van der Waals surface area contributed by atoms with E-state index in [-0.39, 0.29) is 24.1 Å². The fraction of sp³-hybridized carbons (Fsp3) is 0.286. The molecular formula is C21H21F2N3O6S. The highest BCUT2D eigenvalue weighted by atomic mass is 32.2. The van der Waals surface area contributed by atoms with Gasteiger partial charge in [0.15, 0.2) is 14.6 Å². The highest BCUT2D eigenvalue weighted by molar-refractivity contribution is 7.92. The largest absolute Gasteiger partial charge is 0.435 e. The molecule has 2 N–H and O–H groups in total. The predicted molar refractivity (Wildman–Crippen MR) is 116 cm³/mol. The van der Waals surface area contributed by atoms with Gasteiger partial charge in [-0.25, -0.2) is 18.9 Å². The Kier molecular flexibility index (Phi) is 6.79. The van der Waals surface area contributed by atoms with Crippen molar-refractivity contribution >= 4 is 26.6 Å². The molecule has 3 rings (SSSR count). The van der Waals surface area contributed by atoms with Crippen molar-refractivity contribution in [3.05, 3.63) is 59.1 Å². The van der Waals surface area contributed by atoms with E-state index in [0.717, 1.165) is 13.2 Å². The summed E-state index contributed by atoms with van der Waals surface area (Å²) < 4.78 is 52.4. The average Bonchev–Trinajstić information content (AvgIpc) is 2.77. The maximum Gasteiger partial charge on any atom is 0.387 e. The maximum atomic E-state index is 12.9. The molecule has 3 aromatic rings. The number of hydrogen-bond acceptors (Lipinski definition) is 7. The molecule has 0 radical (unpaired) electrons. The van der Waals surface area contributed by atoms with E-state index in [9.17, 15) is 26.8 Å². The summed E-state index contributed by atoms with van der Waals surface area (Å²) in [4.78, 5) is 29.1. The fourth-order valence-corrected chi connectivity index (χ4v) is 4.09. The van der Waals surface area contributed by atoms with Crippen LogP contribution >= 0.6 is 0 Å². The average molecular weight is 481 g/mol. The number of carbonyl (C=O) groups is 1. The molecule has 9 nitrogen and oxygen atoms in total. The van der Waals surface area contributed by atoms with Gasteiger partial charge in [0.2, 0.25) is 0 Å². The van der Waals surface area contributed by atoms with Crippen LogP contribution in [-0.2, 0) is 21.2 Å². The smallest absolute Gasteiger partial charge is 0.387 e. The minimum absolute atomic E-state index is 0.0199. The van der Waals surface area contributed by atoms with Gasteiger partial charge in [-0.3, -0.25) is 19.4 Å². The molecule has 176 valence electrons. The lowest BCUT2D eigenvalue weighted by molar-refractivity contribution is -0.131. The van der Waals surface area contributed by atoms with Crippen LogP contribution in [-0.4, -0.2) is 46.7 Å². The topological polar surface area (TPSA) is 128 Å². The van der Waals surface area contributed by atoms with E-state index >= 15 is 0 Å². The van der Waals surface area contributed by atoms with Gasteiger partial charge in [0.25, 0.3) is 11.5 Å². The Balaban J connectivity index is 1.88. The van der Waals surface area contributed by atoms with Crippen LogP contribution in [0.4, 0.5) is 8.78 Å². The first-order chi connectivity index (χ1) is 15.5. The zero-order chi connectivity index (χ0) is 24.4. The van der Waals surface area contributed by atoms with Gasteiger partial charge in [0, 0.05) is 12.8 Å². The molecule has 1 atom stereocenters. The number of alkyl halides is 2. The molecule has 0 saturated heterocycles. The van der Waals surface area contributed by atoms with Gasteiger partial charge in [-0.2, -0.15) is 8.78 Å². The SMILES string of the molecule is CC(CCn1cnc2cc(-c3ccc(OC(F)F)cc3)ccc2c1=O)(C(=O)NO)S(C)(=O)=O. The molecule has 0 aliphatic rings. The highest BCUT2D eigenvalue weighted by Gasteiger charge is 2.43. The van der Waals surface area contributed by atoms with E-state index in [4.69, 9.17) is 5.21 Å². The number of aryl methyl sites for hydroxylation is 1. The molecule has 2 aromatic carbocycles. The van der Waals surface area contributed by atoms with Gasteiger partial charge in [-0.05, 0) is 48.7 Å². The summed E-state index contributed by atoms with van der Waals surface area (Å²) in [6, 6.07) is 10.9. The second-order valence-electron chi connectivity index (χ2n) is 7.57. The number of hydroxylamine groups is 1. The summed E-state index contributed by atoms with van der Waals surface area (Å²) in [5.41, 5.74) is 2.69. The summed E-state index contributed by atoms with van der Waals surface area (Å²) in [5, 5.41) is 9.19. The van der Waals surface area contributed by atoms with Crippen molar-refractivity contribution in [2.75, 3.05) is 6.26 Å². The number of fused-ring (bicyclic) bond motifs is 1. The van der Waals surface area contributed by atoms with E-state index < -0.39 is 32.7 Å². The number of nitrogens with zero attached hydrogens (tertiary/aromatic N) is 2. The van der Waals surface area contributed by atoms with Gasteiger partial charge in [0.05, 0.1) is 17.2 Å². The Morgan fingerprint density at radius 3 is 2.42 bits per heavy atom. The normalized spacial score (nSPS) is 13.6. The first kappa shape index (κ1) is 24.3. The lowest BCUT2D eigenvalue weighted by atomic mass is 10.0. The lowest BCUT2D eigenvalue weighted by Crippen LogP contribution is -2.50. The number of amides is 1. The fourth-order valence-electron chi connectivity index (χ4n) is 3.25. The Labute approximate surface area is 187 Å². The van der Waals surface area contributed by atoms with Crippen LogP contribution in [0.3, 0.4) is 0 Å². The lowest BCUT2D eigenvalue weighted by Gasteiger charge is -2.25. The van der Waals surface area contributed by atoms with Crippen molar-refractivity contribution in [3.63, 3.8) is 0 Å². The Morgan fingerprint density at radius 1 is 1.21 bits per heavy atom. The zero-order valence-electron chi connectivity index (χ0n) is 17.7. The Hall–Kier alpha value is -3.38. The molecule has 33 heavy (non-hydrogen) atoms. The van der Waals surface area contributed by atoms with Crippen LogP contribution in [0.1, 0.15) is 13.3 Å². The Morgan fingerprint density at radius 2 is 1.85 bits per heavy atom. The number of aromatic nitrogens is 2. The molecule has 1 amide bonds. The first-order valence-corrected chi connectivity index (χ1v) is 11.5. The standard InChI is InChI=1S/C21H21F2N3O6S/c1-21(19(28)25-29,33(2,30)31)9-10-26-12-24-17-11-14(5-8-16(17)18(26)27)13-3-6-15(7-4-13)32-20(22)23/h3-8,11-12,20,29H,9-10H2,1-2H3,(H,25,28). The van der Waals surface area contributed by atoms with Gasteiger partial charge in [0.1, 0.15) is 5.75 Å². The third-order valence-electron chi connectivity index (χ3n) is 5.47. The van der Waals surface area contributed by atoms with Crippen molar-refractivity contribution in [2.24, 2.45) is 0 Å². The zero-order valence-corrected chi connectivity index (χ0v) is 18.5. The minimum Gasteiger partial charge on any atom is -0.435 e. The third kappa shape index (κ3) is 5.01. The van der Waals surface area contributed by atoms with Crippen LogP contribution in [0.5, 0.6) is 5.75 Å². The third-order valence-corrected chi connectivity index (χ3v) is 7.49. The summed E-state index contributed by atoms with van der Waals surface area (Å²) in [6.45, 7) is -1.89. The number of ether oxygens (including phenoxy) is 1. The van der Waals surface area contributed by atoms with Gasteiger partial charge in [-0.15, -0.1) is 0 Å². The van der Waals surface area contributed by atoms with Crippen molar-refractivity contribution in [1.29, 1.82) is 0 Å². The second-order valence-corrected chi connectivity index (χ2v) is 10.0.